The van der Waals surface area contributed by atoms with E-state index in [1.54, 1.807) is 23.5 Å². The van der Waals surface area contributed by atoms with Gasteiger partial charge in [-0.05, 0) is 35.2 Å². The van der Waals surface area contributed by atoms with Crippen LogP contribution in [0.1, 0.15) is 16.4 Å². The predicted octanol–water partition coefficient (Wildman–Crippen LogP) is 3.90. The number of rotatable bonds is 6. The molecule has 4 aromatic rings. The summed E-state index contributed by atoms with van der Waals surface area (Å²) in [4.78, 5) is 31.2. The summed E-state index contributed by atoms with van der Waals surface area (Å²) >= 11 is 1.67. The molecular formula is C24H21N3O3S. The van der Waals surface area contributed by atoms with Gasteiger partial charge in [-0.3, -0.25) is 14.5 Å². The molecule has 156 valence electrons. The molecular weight excluding hydrogens is 410 g/mol. The molecule has 0 fully saturated rings. The highest BCUT2D eigenvalue weighted by Gasteiger charge is 2.27. The number of nitrogens with zero attached hydrogens (tertiary/aromatic N) is 1. The van der Waals surface area contributed by atoms with Gasteiger partial charge in [-0.15, -0.1) is 11.3 Å². The van der Waals surface area contributed by atoms with Crippen LogP contribution in [0.3, 0.4) is 0 Å². The maximum Gasteiger partial charge on any atom is 0.265 e. The van der Waals surface area contributed by atoms with Crippen LogP contribution >= 0.6 is 11.3 Å². The fraction of sp³-hybridized carbons (Fsp3) is 0.167. The van der Waals surface area contributed by atoms with Gasteiger partial charge in [0.1, 0.15) is 12.3 Å². The standard InChI is InChI=1S/C24H21N3O3S/c28-23(14-27-20-8-3-4-9-21(20)30-15-24(27)29)26-13-18(22-10-5-11-31-22)17-12-25-19-7-2-1-6-16(17)19/h1-12,18,25H,13-15H2,(H,26,28)/t18-/m1/s1. The maximum atomic E-state index is 12.8. The van der Waals surface area contributed by atoms with Gasteiger partial charge < -0.3 is 15.0 Å². The van der Waals surface area contributed by atoms with E-state index in [0.29, 0.717) is 18.0 Å². The molecule has 0 radical (unpaired) electrons. The van der Waals surface area contributed by atoms with Crippen molar-refractivity contribution in [2.45, 2.75) is 5.92 Å². The Morgan fingerprint density at radius 3 is 2.84 bits per heavy atom. The zero-order chi connectivity index (χ0) is 21.2. The molecule has 1 aliphatic rings. The number of ether oxygens (including phenoxy) is 1. The van der Waals surface area contributed by atoms with E-state index in [1.165, 1.54) is 9.78 Å². The zero-order valence-corrected chi connectivity index (χ0v) is 17.5. The van der Waals surface area contributed by atoms with Crippen molar-refractivity contribution in [1.29, 1.82) is 0 Å². The molecule has 3 heterocycles. The van der Waals surface area contributed by atoms with Gasteiger partial charge in [-0.2, -0.15) is 0 Å². The molecule has 31 heavy (non-hydrogen) atoms. The third-order valence-electron chi connectivity index (χ3n) is 5.50. The second-order valence-corrected chi connectivity index (χ2v) is 8.38. The van der Waals surface area contributed by atoms with Crippen molar-refractivity contribution in [3.05, 3.63) is 82.7 Å². The molecule has 5 rings (SSSR count). The van der Waals surface area contributed by atoms with Crippen molar-refractivity contribution in [2.75, 3.05) is 24.6 Å². The number of aromatic nitrogens is 1. The van der Waals surface area contributed by atoms with Crippen molar-refractivity contribution >= 4 is 39.7 Å². The monoisotopic (exact) mass is 431 g/mol. The van der Waals surface area contributed by atoms with E-state index >= 15 is 0 Å². The average molecular weight is 432 g/mol. The quantitative estimate of drug-likeness (QED) is 0.486. The van der Waals surface area contributed by atoms with E-state index < -0.39 is 0 Å². The summed E-state index contributed by atoms with van der Waals surface area (Å²) in [6, 6.07) is 19.5. The largest absolute Gasteiger partial charge is 0.482 e. The Morgan fingerprint density at radius 2 is 1.97 bits per heavy atom. The van der Waals surface area contributed by atoms with E-state index in [-0.39, 0.29) is 30.9 Å². The number of hydrogen-bond donors (Lipinski definition) is 2. The van der Waals surface area contributed by atoms with Crippen LogP contribution in [0.15, 0.2) is 72.2 Å². The molecule has 0 unspecified atom stereocenters. The van der Waals surface area contributed by atoms with E-state index in [0.717, 1.165) is 16.5 Å². The highest BCUT2D eigenvalue weighted by Crippen LogP contribution is 2.33. The fourth-order valence-electron chi connectivity index (χ4n) is 3.98. The number of fused-ring (bicyclic) bond motifs is 2. The molecule has 0 aliphatic carbocycles. The van der Waals surface area contributed by atoms with Gasteiger partial charge in [0, 0.05) is 34.4 Å². The first-order valence-electron chi connectivity index (χ1n) is 10.1. The number of anilines is 1. The molecule has 0 spiro atoms. The van der Waals surface area contributed by atoms with Crippen LogP contribution in [0.25, 0.3) is 10.9 Å². The average Bonchev–Trinajstić information content (AvgIpc) is 3.47. The number of nitrogens with one attached hydrogen (secondary N) is 2. The zero-order valence-electron chi connectivity index (χ0n) is 16.7. The first-order chi connectivity index (χ1) is 15.2. The third kappa shape index (κ3) is 3.80. The Kier molecular flexibility index (Phi) is 5.18. The Hall–Kier alpha value is -3.58. The van der Waals surface area contributed by atoms with Crippen LogP contribution in [0, 0.1) is 0 Å². The number of thiophene rings is 1. The maximum absolute atomic E-state index is 12.8. The number of amides is 2. The number of carbonyl (C=O) groups excluding carboxylic acids is 2. The van der Waals surface area contributed by atoms with Crippen molar-refractivity contribution in [1.82, 2.24) is 10.3 Å². The van der Waals surface area contributed by atoms with Crippen molar-refractivity contribution < 1.29 is 14.3 Å². The van der Waals surface area contributed by atoms with Crippen molar-refractivity contribution in [2.24, 2.45) is 0 Å². The van der Waals surface area contributed by atoms with E-state index in [2.05, 4.69) is 22.4 Å². The minimum Gasteiger partial charge on any atom is -0.482 e. The molecule has 0 saturated carbocycles. The van der Waals surface area contributed by atoms with Gasteiger partial charge in [0.05, 0.1) is 5.69 Å². The van der Waals surface area contributed by atoms with E-state index in [1.807, 2.05) is 48.0 Å². The minimum absolute atomic E-state index is 0.0211. The molecule has 2 N–H and O–H groups in total. The second kappa shape index (κ2) is 8.28. The smallest absolute Gasteiger partial charge is 0.265 e. The normalized spacial score (nSPS) is 14.2. The Balaban J connectivity index is 1.35. The Bertz CT molecular complexity index is 1230. The van der Waals surface area contributed by atoms with Gasteiger partial charge in [0.2, 0.25) is 5.91 Å². The number of hydrogen-bond acceptors (Lipinski definition) is 4. The van der Waals surface area contributed by atoms with E-state index in [4.69, 9.17) is 4.74 Å². The highest BCUT2D eigenvalue weighted by molar-refractivity contribution is 7.10. The molecule has 2 aromatic heterocycles. The summed E-state index contributed by atoms with van der Waals surface area (Å²) in [5.41, 5.74) is 2.84. The lowest BCUT2D eigenvalue weighted by atomic mass is 9.96. The summed E-state index contributed by atoms with van der Waals surface area (Å²) in [6.07, 6.45) is 2.02. The van der Waals surface area contributed by atoms with Crippen LogP contribution < -0.4 is 15.0 Å². The molecule has 1 aliphatic heterocycles. The predicted molar refractivity (Wildman–Crippen MR) is 122 cm³/mol. The molecule has 7 heteroatoms. The molecule has 1 atom stereocenters. The van der Waals surface area contributed by atoms with Crippen LogP contribution in [0.5, 0.6) is 5.75 Å². The first kappa shape index (κ1) is 19.4. The van der Waals surface area contributed by atoms with Gasteiger partial charge >= 0.3 is 0 Å². The number of para-hydroxylation sites is 3. The molecule has 0 saturated heterocycles. The fourth-order valence-corrected chi connectivity index (χ4v) is 4.82. The highest BCUT2D eigenvalue weighted by atomic mass is 32.1. The molecule has 2 aromatic carbocycles. The van der Waals surface area contributed by atoms with Gasteiger partial charge in [-0.1, -0.05) is 36.4 Å². The van der Waals surface area contributed by atoms with Crippen molar-refractivity contribution in [3.63, 3.8) is 0 Å². The van der Waals surface area contributed by atoms with Gasteiger partial charge in [0.15, 0.2) is 6.61 Å². The SMILES string of the molecule is O=C(CN1C(=O)COc2ccccc21)NC[C@@H](c1cccs1)c1c[nH]c2ccccc12. The molecule has 6 nitrogen and oxygen atoms in total. The summed E-state index contributed by atoms with van der Waals surface area (Å²) in [5.74, 6) is 0.213. The number of H-pyrrole nitrogens is 1. The van der Waals surface area contributed by atoms with Crippen molar-refractivity contribution in [3.8, 4) is 5.75 Å². The molecule has 0 bridgehead atoms. The Morgan fingerprint density at radius 1 is 1.13 bits per heavy atom. The van der Waals surface area contributed by atoms with Crippen LogP contribution in [0.4, 0.5) is 5.69 Å². The van der Waals surface area contributed by atoms with Crippen LogP contribution in [0.2, 0.25) is 0 Å². The molecule has 2 amide bonds. The number of benzene rings is 2. The lowest BCUT2D eigenvalue weighted by molar-refractivity contribution is -0.125. The summed E-state index contributed by atoms with van der Waals surface area (Å²) in [5, 5.41) is 6.23. The summed E-state index contributed by atoms with van der Waals surface area (Å²) < 4.78 is 5.46. The Labute approximate surface area is 183 Å². The third-order valence-corrected chi connectivity index (χ3v) is 6.48. The van der Waals surface area contributed by atoms with Gasteiger partial charge in [0.25, 0.3) is 5.91 Å². The van der Waals surface area contributed by atoms with Crippen LogP contribution in [-0.2, 0) is 9.59 Å². The minimum atomic E-state index is -0.222. The first-order valence-corrected chi connectivity index (χ1v) is 11.0. The second-order valence-electron chi connectivity index (χ2n) is 7.40. The summed E-state index contributed by atoms with van der Waals surface area (Å²) in [6.45, 7) is 0.350. The summed E-state index contributed by atoms with van der Waals surface area (Å²) in [7, 11) is 0. The lowest BCUT2D eigenvalue weighted by Crippen LogP contribution is -2.45. The van der Waals surface area contributed by atoms with Gasteiger partial charge in [-0.25, -0.2) is 0 Å². The van der Waals surface area contributed by atoms with Crippen LogP contribution in [-0.4, -0.2) is 36.5 Å². The number of aromatic amines is 1. The number of carbonyl (C=O) groups is 2. The van der Waals surface area contributed by atoms with E-state index in [9.17, 15) is 9.59 Å². The topological polar surface area (TPSA) is 74.4 Å². The lowest BCUT2D eigenvalue weighted by Gasteiger charge is -2.29.